The predicted octanol–water partition coefficient (Wildman–Crippen LogP) is 2.56. The van der Waals surface area contributed by atoms with Crippen LogP contribution in [0.5, 0.6) is 0 Å². The molecule has 0 aliphatic carbocycles. The van der Waals surface area contributed by atoms with Crippen LogP contribution in [0.1, 0.15) is 26.5 Å². The fourth-order valence-corrected chi connectivity index (χ4v) is 1.05. The van der Waals surface area contributed by atoms with Gasteiger partial charge in [-0.1, -0.05) is 0 Å². The molecule has 0 atom stereocenters. The summed E-state index contributed by atoms with van der Waals surface area (Å²) in [6, 6.07) is 3.31. The summed E-state index contributed by atoms with van der Waals surface area (Å²) in [6.07, 6.45) is -0.555. The van der Waals surface area contributed by atoms with E-state index in [4.69, 9.17) is 16.3 Å². The van der Waals surface area contributed by atoms with Gasteiger partial charge in [0.2, 0.25) is 0 Å². The molecule has 0 aliphatic heterocycles. The van der Waals surface area contributed by atoms with Crippen molar-refractivity contribution in [3.05, 3.63) is 17.8 Å². The number of carbonyl (C=O) groups is 1. The van der Waals surface area contributed by atoms with Gasteiger partial charge in [0, 0.05) is 0 Å². The van der Waals surface area contributed by atoms with Crippen LogP contribution in [0, 0.1) is 0 Å². The van der Waals surface area contributed by atoms with E-state index in [1.807, 2.05) is 0 Å². The van der Waals surface area contributed by atoms with Gasteiger partial charge < -0.3 is 4.74 Å². The molecule has 0 saturated carbocycles. The normalized spacial score (nSPS) is 11.0. The molecule has 1 aromatic heterocycles. The molecule has 0 radical (unpaired) electrons. The van der Waals surface area contributed by atoms with Gasteiger partial charge >= 0.3 is 6.09 Å². The summed E-state index contributed by atoms with van der Waals surface area (Å²) in [5.74, 6) is 0.628. The van der Waals surface area contributed by atoms with Crippen LogP contribution in [0.25, 0.3) is 0 Å². The van der Waals surface area contributed by atoms with Crippen molar-refractivity contribution in [1.82, 2.24) is 10.2 Å². The third-order valence-electron chi connectivity index (χ3n) is 1.49. The number of alkyl halides is 1. The average molecular weight is 244 g/mol. The second kappa shape index (κ2) is 5.12. The quantitative estimate of drug-likeness (QED) is 0.811. The van der Waals surface area contributed by atoms with Gasteiger partial charge in [-0.05, 0) is 32.9 Å². The van der Waals surface area contributed by atoms with Crippen molar-refractivity contribution in [1.29, 1.82) is 0 Å². The van der Waals surface area contributed by atoms with Crippen molar-refractivity contribution in [2.75, 3.05) is 5.32 Å². The molecule has 0 saturated heterocycles. The molecule has 16 heavy (non-hydrogen) atoms. The smallest absolute Gasteiger partial charge is 0.413 e. The summed E-state index contributed by atoms with van der Waals surface area (Å²) < 4.78 is 5.05. The molecule has 1 heterocycles. The Labute approximate surface area is 99.2 Å². The number of hydrogen-bond acceptors (Lipinski definition) is 4. The predicted molar refractivity (Wildman–Crippen MR) is 61.4 cm³/mol. The van der Waals surface area contributed by atoms with E-state index in [1.165, 1.54) is 0 Å². The molecule has 0 spiro atoms. The highest BCUT2D eigenvalue weighted by atomic mass is 35.5. The maximum atomic E-state index is 11.4. The van der Waals surface area contributed by atoms with Crippen LogP contribution in [-0.4, -0.2) is 21.9 Å². The summed E-state index contributed by atoms with van der Waals surface area (Å²) in [6.45, 7) is 5.36. The van der Waals surface area contributed by atoms with Crippen molar-refractivity contribution >= 4 is 23.5 Å². The number of ether oxygens (including phenoxy) is 1. The van der Waals surface area contributed by atoms with E-state index in [0.717, 1.165) is 0 Å². The molecule has 0 unspecified atom stereocenters. The van der Waals surface area contributed by atoms with Crippen LogP contribution in [0.3, 0.4) is 0 Å². The highest BCUT2D eigenvalue weighted by molar-refractivity contribution is 6.16. The molecule has 5 nitrogen and oxygen atoms in total. The number of hydrogen-bond donors (Lipinski definition) is 1. The van der Waals surface area contributed by atoms with Gasteiger partial charge in [0.15, 0.2) is 5.82 Å². The zero-order valence-electron chi connectivity index (χ0n) is 9.45. The summed E-state index contributed by atoms with van der Waals surface area (Å²) in [7, 11) is 0. The maximum absolute atomic E-state index is 11.4. The monoisotopic (exact) mass is 243 g/mol. The van der Waals surface area contributed by atoms with E-state index >= 15 is 0 Å². The molecule has 0 fully saturated rings. The number of nitrogens with zero attached hydrogens (tertiary/aromatic N) is 2. The van der Waals surface area contributed by atoms with Gasteiger partial charge in [-0.3, -0.25) is 5.32 Å². The van der Waals surface area contributed by atoms with Crippen molar-refractivity contribution in [3.8, 4) is 0 Å². The van der Waals surface area contributed by atoms with Crippen LogP contribution in [-0.2, 0) is 10.6 Å². The number of amides is 1. The van der Waals surface area contributed by atoms with Crippen molar-refractivity contribution in [2.45, 2.75) is 32.3 Å². The fourth-order valence-electron chi connectivity index (χ4n) is 0.906. The summed E-state index contributed by atoms with van der Waals surface area (Å²) >= 11 is 5.56. The molecule has 1 N–H and O–H groups in total. The zero-order chi connectivity index (χ0) is 12.2. The van der Waals surface area contributed by atoms with Crippen LogP contribution in [0.2, 0.25) is 0 Å². The Balaban J connectivity index is 2.56. The molecule has 0 aromatic carbocycles. The third-order valence-corrected chi connectivity index (χ3v) is 1.76. The largest absolute Gasteiger partial charge is 0.444 e. The van der Waals surface area contributed by atoms with E-state index in [9.17, 15) is 4.79 Å². The van der Waals surface area contributed by atoms with Gasteiger partial charge in [-0.2, -0.15) is 5.10 Å². The minimum atomic E-state index is -0.555. The lowest BCUT2D eigenvalue weighted by atomic mass is 10.2. The Hall–Kier alpha value is -1.36. The molecule has 6 heteroatoms. The fraction of sp³-hybridized carbons (Fsp3) is 0.500. The van der Waals surface area contributed by atoms with Crippen LogP contribution < -0.4 is 5.32 Å². The van der Waals surface area contributed by atoms with Crippen molar-refractivity contribution < 1.29 is 9.53 Å². The molecule has 0 bridgehead atoms. The van der Waals surface area contributed by atoms with Crippen molar-refractivity contribution in [2.24, 2.45) is 0 Å². The lowest BCUT2D eigenvalue weighted by molar-refractivity contribution is 0.0635. The van der Waals surface area contributed by atoms with Gasteiger partial charge in [0.25, 0.3) is 0 Å². The second-order valence-electron chi connectivity index (χ2n) is 4.17. The Bertz CT molecular complexity index is 359. The van der Waals surface area contributed by atoms with Crippen LogP contribution >= 0.6 is 11.6 Å². The van der Waals surface area contributed by atoms with Gasteiger partial charge in [0.05, 0.1) is 11.6 Å². The summed E-state index contributed by atoms with van der Waals surface area (Å²) in [5, 5.41) is 10.0. The van der Waals surface area contributed by atoms with E-state index in [-0.39, 0.29) is 0 Å². The van der Waals surface area contributed by atoms with Gasteiger partial charge in [-0.25, -0.2) is 4.79 Å². The standard InChI is InChI=1S/C10H14ClN3O2/c1-10(2,3)16-9(15)12-8-5-4-7(6-11)13-14-8/h4-5H,6H2,1-3H3,(H,12,14,15). The Morgan fingerprint density at radius 2 is 2.12 bits per heavy atom. The summed E-state index contributed by atoms with van der Waals surface area (Å²) in [4.78, 5) is 11.4. The molecule has 88 valence electrons. The van der Waals surface area contributed by atoms with Crippen LogP contribution in [0.15, 0.2) is 12.1 Å². The SMILES string of the molecule is CC(C)(C)OC(=O)Nc1ccc(CCl)nn1. The Morgan fingerprint density at radius 3 is 2.56 bits per heavy atom. The zero-order valence-corrected chi connectivity index (χ0v) is 10.2. The highest BCUT2D eigenvalue weighted by Gasteiger charge is 2.16. The topological polar surface area (TPSA) is 64.1 Å². The first kappa shape index (κ1) is 12.7. The van der Waals surface area contributed by atoms with Gasteiger partial charge in [0.1, 0.15) is 5.60 Å². The number of carbonyl (C=O) groups excluding carboxylic acids is 1. The molecular weight excluding hydrogens is 230 g/mol. The Kier molecular flexibility index (Phi) is 4.06. The van der Waals surface area contributed by atoms with E-state index < -0.39 is 11.7 Å². The average Bonchev–Trinajstić information content (AvgIpc) is 2.16. The number of rotatable bonds is 2. The van der Waals surface area contributed by atoms with E-state index in [2.05, 4.69) is 15.5 Å². The molecule has 1 rings (SSSR count). The molecule has 1 amide bonds. The first-order valence-corrected chi connectivity index (χ1v) is 5.33. The highest BCUT2D eigenvalue weighted by Crippen LogP contribution is 2.09. The second-order valence-corrected chi connectivity index (χ2v) is 4.44. The number of halogens is 1. The Morgan fingerprint density at radius 1 is 1.44 bits per heavy atom. The van der Waals surface area contributed by atoms with Crippen molar-refractivity contribution in [3.63, 3.8) is 0 Å². The molecular formula is C10H14ClN3O2. The van der Waals surface area contributed by atoms with Gasteiger partial charge in [-0.15, -0.1) is 16.7 Å². The first-order valence-electron chi connectivity index (χ1n) is 4.79. The lowest BCUT2D eigenvalue weighted by Crippen LogP contribution is -2.27. The first-order chi connectivity index (χ1) is 7.40. The van der Waals surface area contributed by atoms with E-state index in [1.54, 1.807) is 32.9 Å². The third kappa shape index (κ3) is 4.44. The number of aromatic nitrogens is 2. The van der Waals surface area contributed by atoms with Crippen LogP contribution in [0.4, 0.5) is 10.6 Å². The minimum absolute atomic E-state index is 0.291. The maximum Gasteiger partial charge on any atom is 0.413 e. The lowest BCUT2D eigenvalue weighted by Gasteiger charge is -2.19. The molecule has 1 aromatic rings. The van der Waals surface area contributed by atoms with E-state index in [0.29, 0.717) is 17.4 Å². The minimum Gasteiger partial charge on any atom is -0.444 e. The summed E-state index contributed by atoms with van der Waals surface area (Å²) in [5.41, 5.74) is 0.115. The number of anilines is 1. The molecule has 0 aliphatic rings. The number of nitrogens with one attached hydrogen (secondary N) is 1.